The predicted octanol–water partition coefficient (Wildman–Crippen LogP) is 5.18. The van der Waals surface area contributed by atoms with Gasteiger partial charge in [0.05, 0.1) is 22.9 Å². The monoisotopic (exact) mass is 510 g/mol. The first-order valence-electron chi connectivity index (χ1n) is 9.83. The molecule has 172 valence electrons. The number of carbonyl (C=O) groups excluding carboxylic acids is 1. The van der Waals surface area contributed by atoms with E-state index < -0.39 is 24.4 Å². The summed E-state index contributed by atoms with van der Waals surface area (Å²) < 4.78 is 28.7. The Labute approximate surface area is 203 Å². The Morgan fingerprint density at radius 3 is 2.67 bits per heavy atom. The van der Waals surface area contributed by atoms with Gasteiger partial charge in [-0.3, -0.25) is 15.6 Å². The number of anilines is 2. The van der Waals surface area contributed by atoms with Crippen LogP contribution in [-0.4, -0.2) is 27.2 Å². The topological polar surface area (TPSA) is 83.0 Å². The maximum absolute atomic E-state index is 13.8. The number of nitrogens with zero attached hydrogens (tertiary/aromatic N) is 2. The second-order valence-electron chi connectivity index (χ2n) is 7.25. The molecule has 2 heterocycles. The first kappa shape index (κ1) is 23.2. The van der Waals surface area contributed by atoms with Crippen molar-refractivity contribution in [2.24, 2.45) is 0 Å². The zero-order valence-corrected chi connectivity index (χ0v) is 19.2. The van der Waals surface area contributed by atoms with Gasteiger partial charge in [-0.15, -0.1) is 0 Å². The van der Waals surface area contributed by atoms with Crippen LogP contribution >= 0.6 is 35.4 Å². The number of thiocarbonyl (C=S) groups is 1. The smallest absolute Gasteiger partial charge is 0.275 e. The molecule has 3 aromatic rings. The third-order valence-electron chi connectivity index (χ3n) is 5.10. The van der Waals surface area contributed by atoms with E-state index in [1.54, 1.807) is 18.2 Å². The number of nitrogens with one attached hydrogen (secondary N) is 4. The van der Waals surface area contributed by atoms with E-state index in [1.165, 1.54) is 6.20 Å². The van der Waals surface area contributed by atoms with Crippen LogP contribution < -0.4 is 21.5 Å². The molecule has 1 aliphatic heterocycles. The molecule has 0 spiro atoms. The van der Waals surface area contributed by atoms with Crippen LogP contribution in [0.1, 0.15) is 34.4 Å². The molecule has 0 saturated carbocycles. The lowest BCUT2D eigenvalue weighted by atomic mass is 9.97. The van der Waals surface area contributed by atoms with Gasteiger partial charge in [0.1, 0.15) is 17.4 Å². The van der Waals surface area contributed by atoms with Crippen molar-refractivity contribution in [3.63, 3.8) is 0 Å². The second-order valence-corrected chi connectivity index (χ2v) is 8.51. The summed E-state index contributed by atoms with van der Waals surface area (Å²) in [6, 6.07) is 12.4. The lowest BCUT2D eigenvalue weighted by molar-refractivity contribution is 0.0656. The Balaban J connectivity index is 1.48. The van der Waals surface area contributed by atoms with Crippen LogP contribution in [0.4, 0.5) is 20.3 Å². The van der Waals surface area contributed by atoms with Crippen molar-refractivity contribution in [2.75, 3.05) is 10.6 Å². The van der Waals surface area contributed by atoms with Crippen molar-refractivity contribution in [2.45, 2.75) is 24.9 Å². The lowest BCUT2D eigenvalue weighted by Gasteiger charge is -2.32. The van der Waals surface area contributed by atoms with E-state index in [9.17, 15) is 13.6 Å². The molecule has 4 rings (SSSR count). The Bertz CT molecular complexity index is 1180. The van der Waals surface area contributed by atoms with Crippen LogP contribution in [-0.2, 0) is 0 Å². The molecule has 1 amide bonds. The van der Waals surface area contributed by atoms with Gasteiger partial charge in [0.25, 0.3) is 12.3 Å². The van der Waals surface area contributed by atoms with Gasteiger partial charge in [-0.05, 0) is 42.4 Å². The minimum Gasteiger partial charge on any atom is -0.363 e. The number of hydrogen-bond donors (Lipinski definition) is 4. The van der Waals surface area contributed by atoms with Gasteiger partial charge in [-0.1, -0.05) is 53.5 Å². The minimum atomic E-state index is -2.65. The molecule has 0 bridgehead atoms. The molecule has 0 unspecified atom stereocenters. The molecular weight excluding hydrogens is 493 g/mol. The lowest BCUT2D eigenvalue weighted by Crippen LogP contribution is -2.44. The largest absolute Gasteiger partial charge is 0.363 e. The summed E-state index contributed by atoms with van der Waals surface area (Å²) in [5.41, 5.74) is 6.38. The number of hydrogen-bond acceptors (Lipinski definition) is 4. The zero-order chi connectivity index (χ0) is 23.5. The molecule has 0 saturated heterocycles. The number of hydrazine groups is 1. The molecule has 2 aromatic carbocycles. The van der Waals surface area contributed by atoms with Crippen LogP contribution in [0, 0.1) is 0 Å². The number of aromatic nitrogens is 2. The Morgan fingerprint density at radius 1 is 1.18 bits per heavy atom. The summed E-state index contributed by atoms with van der Waals surface area (Å²) in [5.74, 6) is -0.400. The highest BCUT2D eigenvalue weighted by molar-refractivity contribution is 7.80. The highest BCUT2D eigenvalue weighted by atomic mass is 35.5. The quantitative estimate of drug-likeness (QED) is 0.285. The molecule has 2 atom stereocenters. The van der Waals surface area contributed by atoms with E-state index >= 15 is 0 Å². The van der Waals surface area contributed by atoms with Gasteiger partial charge in [-0.2, -0.15) is 5.10 Å². The fraction of sp³-hybridized carbons (Fsp3) is 0.190. The van der Waals surface area contributed by atoms with Gasteiger partial charge in [-0.25, -0.2) is 13.5 Å². The molecule has 0 radical (unpaired) electrons. The molecule has 7 nitrogen and oxygen atoms in total. The first-order chi connectivity index (χ1) is 15.8. The van der Waals surface area contributed by atoms with Gasteiger partial charge in [0.15, 0.2) is 5.11 Å². The van der Waals surface area contributed by atoms with Crippen LogP contribution in [0.25, 0.3) is 0 Å². The highest BCUT2D eigenvalue weighted by Gasteiger charge is 2.36. The van der Waals surface area contributed by atoms with Gasteiger partial charge < -0.3 is 10.6 Å². The third-order valence-corrected chi connectivity index (χ3v) is 5.87. The number of carbonyl (C=O) groups is 1. The van der Waals surface area contributed by atoms with Crippen molar-refractivity contribution < 1.29 is 13.6 Å². The van der Waals surface area contributed by atoms with Crippen molar-refractivity contribution in [1.82, 2.24) is 20.6 Å². The molecule has 0 aliphatic carbocycles. The number of benzene rings is 2. The number of amides is 1. The summed E-state index contributed by atoms with van der Waals surface area (Å²) >= 11 is 17.2. The standard InChI is InChI=1S/C21H18Cl2F2N6OS/c22-12-6-7-14(23)16(8-12)28-21(33)30-29-20(32)13-10-26-31-17(18(24)25)9-15(27-19(13)31)11-4-2-1-3-5-11/h1-8,10,15,17-18,27H,9H2,(H,29,32)(H2,28,30,33)/t15-,17-/m0/s1. The van der Waals surface area contributed by atoms with Crippen LogP contribution in [0.2, 0.25) is 10.0 Å². The Kier molecular flexibility index (Phi) is 6.96. The van der Waals surface area contributed by atoms with E-state index in [0.29, 0.717) is 15.7 Å². The summed E-state index contributed by atoms with van der Waals surface area (Å²) in [7, 11) is 0. The van der Waals surface area contributed by atoms with E-state index in [4.69, 9.17) is 35.4 Å². The number of alkyl halides is 2. The van der Waals surface area contributed by atoms with Crippen molar-refractivity contribution in [3.05, 3.63) is 75.9 Å². The molecule has 12 heteroatoms. The molecule has 0 fully saturated rings. The van der Waals surface area contributed by atoms with Crippen LogP contribution in [0.15, 0.2) is 54.7 Å². The molecular formula is C21H18Cl2F2N6OS. The van der Waals surface area contributed by atoms with E-state index in [1.807, 2.05) is 30.3 Å². The fourth-order valence-electron chi connectivity index (χ4n) is 3.53. The molecule has 33 heavy (non-hydrogen) atoms. The number of fused-ring (bicyclic) bond motifs is 1. The summed E-state index contributed by atoms with van der Waals surface area (Å²) in [5, 5.41) is 10.9. The van der Waals surface area contributed by atoms with Crippen LogP contribution in [0.3, 0.4) is 0 Å². The summed E-state index contributed by atoms with van der Waals surface area (Å²) in [4.78, 5) is 12.8. The van der Waals surface area contributed by atoms with Gasteiger partial charge >= 0.3 is 0 Å². The van der Waals surface area contributed by atoms with E-state index in [-0.39, 0.29) is 22.9 Å². The van der Waals surface area contributed by atoms with Crippen molar-refractivity contribution in [1.29, 1.82) is 0 Å². The number of rotatable bonds is 4. The minimum absolute atomic E-state index is 0.0501. The van der Waals surface area contributed by atoms with E-state index in [2.05, 4.69) is 26.6 Å². The first-order valence-corrected chi connectivity index (χ1v) is 11.0. The van der Waals surface area contributed by atoms with E-state index in [0.717, 1.165) is 10.2 Å². The maximum atomic E-state index is 13.8. The average Bonchev–Trinajstić information content (AvgIpc) is 3.24. The second kappa shape index (κ2) is 9.90. The Morgan fingerprint density at radius 2 is 1.94 bits per heavy atom. The van der Waals surface area contributed by atoms with Crippen LogP contribution in [0.5, 0.6) is 0 Å². The molecule has 4 N–H and O–H groups in total. The van der Waals surface area contributed by atoms with Crippen molar-refractivity contribution >= 4 is 57.9 Å². The van der Waals surface area contributed by atoms with Gasteiger partial charge in [0.2, 0.25) is 0 Å². The van der Waals surface area contributed by atoms with Crippen molar-refractivity contribution in [3.8, 4) is 0 Å². The highest BCUT2D eigenvalue weighted by Crippen LogP contribution is 2.39. The molecule has 1 aromatic heterocycles. The summed E-state index contributed by atoms with van der Waals surface area (Å²) in [6.45, 7) is 0. The number of halogens is 4. The molecule has 1 aliphatic rings. The van der Waals surface area contributed by atoms with Gasteiger partial charge in [0, 0.05) is 5.02 Å². The predicted molar refractivity (Wildman–Crippen MR) is 128 cm³/mol. The average molecular weight is 511 g/mol. The normalized spacial score (nSPS) is 17.1. The summed E-state index contributed by atoms with van der Waals surface area (Å²) in [6.07, 6.45) is -1.28. The maximum Gasteiger partial charge on any atom is 0.275 e. The SMILES string of the molecule is O=C(NNC(=S)Nc1cc(Cl)ccc1Cl)c1cnn2c1N[C@H](c1ccccc1)C[C@H]2C(F)F. The third kappa shape index (κ3) is 5.18. The fourth-order valence-corrected chi connectivity index (χ4v) is 4.03. The Hall–Kier alpha value is -2.95. The zero-order valence-electron chi connectivity index (χ0n) is 16.9.